The second kappa shape index (κ2) is 6.53. The standard InChI is InChI=1S/C20H14F2N4O/c21-14-5-6-16(17(22)10-14)12-2-1-3-15(8-12)26-11-24-18-9-13(20(23)25-27)4-7-19(18)26/h1-11,27H,(H2,23,25). The van der Waals surface area contributed by atoms with E-state index in [4.69, 9.17) is 10.9 Å². The van der Waals surface area contributed by atoms with Crippen LogP contribution >= 0.6 is 0 Å². The van der Waals surface area contributed by atoms with E-state index in [1.807, 2.05) is 10.6 Å². The van der Waals surface area contributed by atoms with Crippen molar-refractivity contribution in [1.29, 1.82) is 0 Å². The third-order valence-electron chi connectivity index (χ3n) is 4.32. The molecule has 0 aliphatic carbocycles. The van der Waals surface area contributed by atoms with Gasteiger partial charge in [0, 0.05) is 22.9 Å². The molecule has 27 heavy (non-hydrogen) atoms. The molecule has 1 heterocycles. The average Bonchev–Trinajstić information content (AvgIpc) is 3.10. The van der Waals surface area contributed by atoms with Crippen molar-refractivity contribution >= 4 is 16.9 Å². The van der Waals surface area contributed by atoms with Crippen LogP contribution in [-0.4, -0.2) is 20.6 Å². The van der Waals surface area contributed by atoms with Crippen LogP contribution in [0.4, 0.5) is 8.78 Å². The van der Waals surface area contributed by atoms with Crippen LogP contribution in [0.25, 0.3) is 27.8 Å². The first-order valence-corrected chi connectivity index (χ1v) is 8.07. The van der Waals surface area contributed by atoms with Gasteiger partial charge in [-0.15, -0.1) is 0 Å². The summed E-state index contributed by atoms with van der Waals surface area (Å²) in [5.74, 6) is -1.24. The van der Waals surface area contributed by atoms with E-state index in [1.165, 1.54) is 12.1 Å². The average molecular weight is 364 g/mol. The topological polar surface area (TPSA) is 76.4 Å². The number of nitrogens with zero attached hydrogens (tertiary/aromatic N) is 3. The zero-order chi connectivity index (χ0) is 19.0. The third-order valence-corrected chi connectivity index (χ3v) is 4.32. The summed E-state index contributed by atoms with van der Waals surface area (Å²) in [6.07, 6.45) is 1.64. The van der Waals surface area contributed by atoms with Crippen LogP contribution in [0.2, 0.25) is 0 Å². The van der Waals surface area contributed by atoms with Crippen LogP contribution in [0.5, 0.6) is 0 Å². The summed E-state index contributed by atoms with van der Waals surface area (Å²) in [6.45, 7) is 0. The number of fused-ring (bicyclic) bond motifs is 1. The number of halogens is 2. The van der Waals surface area contributed by atoms with Crippen molar-refractivity contribution in [3.63, 3.8) is 0 Å². The van der Waals surface area contributed by atoms with Crippen molar-refractivity contribution in [2.75, 3.05) is 0 Å². The molecule has 0 spiro atoms. The molecule has 0 amide bonds. The number of nitrogens with two attached hydrogens (primary N) is 1. The predicted molar refractivity (Wildman–Crippen MR) is 98.9 cm³/mol. The molecule has 0 saturated carbocycles. The fourth-order valence-corrected chi connectivity index (χ4v) is 2.98. The molecular weight excluding hydrogens is 350 g/mol. The van der Waals surface area contributed by atoms with Crippen LogP contribution in [0.15, 0.2) is 72.1 Å². The van der Waals surface area contributed by atoms with E-state index in [0.717, 1.165) is 17.3 Å². The number of hydrogen-bond acceptors (Lipinski definition) is 3. The van der Waals surface area contributed by atoms with Gasteiger partial charge in [-0.05, 0) is 48.0 Å². The van der Waals surface area contributed by atoms with Gasteiger partial charge < -0.3 is 10.9 Å². The Hall–Kier alpha value is -3.74. The smallest absolute Gasteiger partial charge is 0.170 e. The normalized spacial score (nSPS) is 11.9. The number of benzene rings is 3. The van der Waals surface area contributed by atoms with E-state index >= 15 is 0 Å². The molecule has 0 saturated heterocycles. The number of imidazole rings is 1. The Bertz CT molecular complexity index is 1180. The monoisotopic (exact) mass is 364 g/mol. The lowest BCUT2D eigenvalue weighted by molar-refractivity contribution is 0.318. The molecule has 3 aromatic carbocycles. The van der Waals surface area contributed by atoms with Crippen LogP contribution in [0.1, 0.15) is 5.56 Å². The molecule has 0 unspecified atom stereocenters. The first-order chi connectivity index (χ1) is 13.1. The highest BCUT2D eigenvalue weighted by atomic mass is 19.1. The fraction of sp³-hybridized carbons (Fsp3) is 0. The van der Waals surface area contributed by atoms with Gasteiger partial charge in [-0.2, -0.15) is 0 Å². The van der Waals surface area contributed by atoms with E-state index in [2.05, 4.69) is 10.1 Å². The molecule has 4 rings (SSSR count). The quantitative estimate of drug-likeness (QED) is 0.249. The van der Waals surface area contributed by atoms with Crippen LogP contribution < -0.4 is 5.73 Å². The molecule has 0 bridgehead atoms. The van der Waals surface area contributed by atoms with Gasteiger partial charge in [0.25, 0.3) is 0 Å². The Labute approximate surface area is 153 Å². The molecule has 7 heteroatoms. The lowest BCUT2D eigenvalue weighted by Crippen LogP contribution is -2.12. The first kappa shape index (κ1) is 16.7. The summed E-state index contributed by atoms with van der Waals surface area (Å²) >= 11 is 0. The SMILES string of the molecule is N/C(=N\O)c1ccc2c(c1)ncn2-c1cccc(-c2ccc(F)cc2F)c1. The second-order valence-corrected chi connectivity index (χ2v) is 5.98. The number of rotatable bonds is 3. The molecule has 0 radical (unpaired) electrons. The maximum atomic E-state index is 14.1. The minimum atomic E-state index is -0.619. The van der Waals surface area contributed by atoms with Crippen molar-refractivity contribution in [2.45, 2.75) is 0 Å². The highest BCUT2D eigenvalue weighted by molar-refractivity contribution is 5.99. The zero-order valence-electron chi connectivity index (χ0n) is 14.0. The van der Waals surface area contributed by atoms with E-state index in [9.17, 15) is 8.78 Å². The van der Waals surface area contributed by atoms with Crippen LogP contribution in [0.3, 0.4) is 0 Å². The molecule has 0 aliphatic heterocycles. The van der Waals surface area contributed by atoms with Gasteiger partial charge in [0.1, 0.15) is 18.0 Å². The van der Waals surface area contributed by atoms with Crippen molar-refractivity contribution in [3.05, 3.63) is 84.2 Å². The van der Waals surface area contributed by atoms with Crippen molar-refractivity contribution in [3.8, 4) is 16.8 Å². The maximum Gasteiger partial charge on any atom is 0.170 e. The summed E-state index contributed by atoms with van der Waals surface area (Å²) < 4.78 is 29.1. The summed E-state index contributed by atoms with van der Waals surface area (Å²) in [7, 11) is 0. The van der Waals surface area contributed by atoms with Gasteiger partial charge in [-0.25, -0.2) is 13.8 Å². The Morgan fingerprint density at radius 1 is 1.04 bits per heavy atom. The Morgan fingerprint density at radius 3 is 2.67 bits per heavy atom. The minimum Gasteiger partial charge on any atom is -0.409 e. The molecule has 4 aromatic rings. The van der Waals surface area contributed by atoms with Crippen LogP contribution in [-0.2, 0) is 0 Å². The molecule has 5 nitrogen and oxygen atoms in total. The molecule has 0 aliphatic rings. The molecular formula is C20H14F2N4O. The summed E-state index contributed by atoms with van der Waals surface area (Å²) in [5, 5.41) is 11.8. The maximum absolute atomic E-state index is 14.1. The molecule has 0 fully saturated rings. The number of hydrogen-bond donors (Lipinski definition) is 2. The molecule has 134 valence electrons. The van der Waals surface area contributed by atoms with E-state index in [1.54, 1.807) is 42.7 Å². The number of aromatic nitrogens is 2. The van der Waals surface area contributed by atoms with Gasteiger partial charge in [0.2, 0.25) is 0 Å². The van der Waals surface area contributed by atoms with Gasteiger partial charge >= 0.3 is 0 Å². The Kier molecular flexibility index (Phi) is 4.04. The van der Waals surface area contributed by atoms with Gasteiger partial charge in [0.15, 0.2) is 5.84 Å². The summed E-state index contributed by atoms with van der Waals surface area (Å²) in [6, 6.07) is 16.0. The third kappa shape index (κ3) is 2.99. The van der Waals surface area contributed by atoms with Crippen molar-refractivity contribution in [2.24, 2.45) is 10.9 Å². The predicted octanol–water partition coefficient (Wildman–Crippen LogP) is 4.07. The fourth-order valence-electron chi connectivity index (χ4n) is 2.98. The first-order valence-electron chi connectivity index (χ1n) is 8.07. The van der Waals surface area contributed by atoms with E-state index in [-0.39, 0.29) is 5.84 Å². The molecule has 0 atom stereocenters. The Balaban J connectivity index is 1.80. The Morgan fingerprint density at radius 2 is 1.89 bits per heavy atom. The van der Waals surface area contributed by atoms with E-state index < -0.39 is 11.6 Å². The van der Waals surface area contributed by atoms with Crippen molar-refractivity contribution < 1.29 is 14.0 Å². The highest BCUT2D eigenvalue weighted by Gasteiger charge is 2.10. The lowest BCUT2D eigenvalue weighted by Gasteiger charge is -2.09. The largest absolute Gasteiger partial charge is 0.409 e. The van der Waals surface area contributed by atoms with Crippen molar-refractivity contribution in [1.82, 2.24) is 9.55 Å². The lowest BCUT2D eigenvalue weighted by atomic mass is 10.0. The molecule has 3 N–H and O–H groups in total. The minimum absolute atomic E-state index is 0.000215. The highest BCUT2D eigenvalue weighted by Crippen LogP contribution is 2.27. The molecule has 1 aromatic heterocycles. The number of amidine groups is 1. The zero-order valence-corrected chi connectivity index (χ0v) is 14.0. The summed E-state index contributed by atoms with van der Waals surface area (Å²) in [4.78, 5) is 4.35. The van der Waals surface area contributed by atoms with Gasteiger partial charge in [-0.1, -0.05) is 17.3 Å². The number of oxime groups is 1. The second-order valence-electron chi connectivity index (χ2n) is 5.98. The van der Waals surface area contributed by atoms with Gasteiger partial charge in [0.05, 0.1) is 11.0 Å². The van der Waals surface area contributed by atoms with E-state index in [0.29, 0.717) is 22.2 Å². The van der Waals surface area contributed by atoms with Crippen LogP contribution in [0, 0.1) is 11.6 Å². The van der Waals surface area contributed by atoms with Gasteiger partial charge in [-0.3, -0.25) is 4.57 Å². The summed E-state index contributed by atoms with van der Waals surface area (Å²) in [5.41, 5.74) is 9.35.